The molecule has 0 radical (unpaired) electrons. The second kappa shape index (κ2) is 13.6. The van der Waals surface area contributed by atoms with Crippen LogP contribution in [0.3, 0.4) is 0 Å². The van der Waals surface area contributed by atoms with Crippen LogP contribution in [-0.2, 0) is 11.3 Å². The van der Waals surface area contributed by atoms with E-state index in [1.54, 1.807) is 11.3 Å². The van der Waals surface area contributed by atoms with Crippen molar-refractivity contribution in [2.45, 2.75) is 45.6 Å². The minimum Gasteiger partial charge on any atom is -0.357 e. The van der Waals surface area contributed by atoms with E-state index in [0.717, 1.165) is 67.7 Å². The number of halogens is 1. The smallest absolute Gasteiger partial charge is 0.222 e. The number of benzene rings is 1. The molecule has 1 aromatic carbocycles. The first-order valence-electron chi connectivity index (χ1n) is 10.6. The second-order valence-electron chi connectivity index (χ2n) is 7.16. The van der Waals surface area contributed by atoms with Gasteiger partial charge in [0.15, 0.2) is 5.96 Å². The van der Waals surface area contributed by atoms with Crippen LogP contribution >= 0.6 is 35.3 Å². The maximum absolute atomic E-state index is 12.1. The van der Waals surface area contributed by atoms with Gasteiger partial charge in [0, 0.05) is 43.5 Å². The molecular formula is C22H32IN5OS. The molecule has 0 unspecified atom stereocenters. The van der Waals surface area contributed by atoms with Crippen LogP contribution in [0.1, 0.15) is 44.0 Å². The van der Waals surface area contributed by atoms with Crippen LogP contribution < -0.4 is 10.6 Å². The zero-order valence-electron chi connectivity index (χ0n) is 17.6. The van der Waals surface area contributed by atoms with Crippen LogP contribution in [0.5, 0.6) is 0 Å². The third-order valence-electron chi connectivity index (χ3n) is 4.91. The highest BCUT2D eigenvalue weighted by atomic mass is 127. The first kappa shape index (κ1) is 24.6. The van der Waals surface area contributed by atoms with Crippen molar-refractivity contribution in [2.75, 3.05) is 26.2 Å². The minimum atomic E-state index is 0. The van der Waals surface area contributed by atoms with Gasteiger partial charge in [0.25, 0.3) is 0 Å². The summed E-state index contributed by atoms with van der Waals surface area (Å²) in [4.78, 5) is 23.5. The summed E-state index contributed by atoms with van der Waals surface area (Å²) < 4.78 is 0. The Hall–Kier alpha value is -1.68. The molecule has 0 atom stereocenters. The van der Waals surface area contributed by atoms with Crippen LogP contribution in [-0.4, -0.2) is 47.9 Å². The Balaban J connectivity index is 0.00000320. The summed E-state index contributed by atoms with van der Waals surface area (Å²) in [7, 11) is 0. The number of guanidine groups is 1. The lowest BCUT2D eigenvalue weighted by atomic mass is 10.2. The van der Waals surface area contributed by atoms with Crippen LogP contribution in [0.15, 0.2) is 40.7 Å². The van der Waals surface area contributed by atoms with Crippen molar-refractivity contribution < 1.29 is 4.79 Å². The number of hydrogen-bond donors (Lipinski definition) is 2. The van der Waals surface area contributed by atoms with Gasteiger partial charge in [-0.15, -0.1) is 35.3 Å². The van der Waals surface area contributed by atoms with E-state index in [-0.39, 0.29) is 24.0 Å². The largest absolute Gasteiger partial charge is 0.357 e. The average Bonchev–Trinajstić information content (AvgIpc) is 3.13. The molecule has 8 heteroatoms. The number of thiazole rings is 1. The predicted molar refractivity (Wildman–Crippen MR) is 135 cm³/mol. The lowest BCUT2D eigenvalue weighted by molar-refractivity contribution is -0.130. The quantitative estimate of drug-likeness (QED) is 0.227. The Labute approximate surface area is 200 Å². The Bertz CT molecular complexity index is 796. The van der Waals surface area contributed by atoms with Gasteiger partial charge in [-0.05, 0) is 26.2 Å². The molecule has 6 nitrogen and oxygen atoms in total. The predicted octanol–water partition coefficient (Wildman–Crippen LogP) is 4.28. The van der Waals surface area contributed by atoms with Gasteiger partial charge in [-0.3, -0.25) is 4.79 Å². The van der Waals surface area contributed by atoms with E-state index in [1.165, 1.54) is 6.42 Å². The highest BCUT2D eigenvalue weighted by Gasteiger charge is 2.15. The molecule has 3 rings (SSSR count). The minimum absolute atomic E-state index is 0. The third kappa shape index (κ3) is 7.86. The number of amides is 1. The van der Waals surface area contributed by atoms with Crippen molar-refractivity contribution >= 4 is 47.2 Å². The monoisotopic (exact) mass is 541 g/mol. The molecule has 1 aliphatic heterocycles. The van der Waals surface area contributed by atoms with Crippen LogP contribution in [0, 0.1) is 0 Å². The molecule has 0 saturated carbocycles. The maximum Gasteiger partial charge on any atom is 0.222 e. The topological polar surface area (TPSA) is 69.6 Å². The number of hydrogen-bond acceptors (Lipinski definition) is 4. The molecule has 2 heterocycles. The molecular weight excluding hydrogens is 509 g/mol. The van der Waals surface area contributed by atoms with Gasteiger partial charge in [-0.25, -0.2) is 9.98 Å². The van der Waals surface area contributed by atoms with E-state index in [1.807, 2.05) is 23.1 Å². The Morgan fingerprint density at radius 3 is 2.83 bits per heavy atom. The third-order valence-corrected chi connectivity index (χ3v) is 5.74. The molecule has 1 aliphatic rings. The summed E-state index contributed by atoms with van der Waals surface area (Å²) in [5.41, 5.74) is 2.13. The summed E-state index contributed by atoms with van der Waals surface area (Å²) in [5.74, 6) is 1.10. The van der Waals surface area contributed by atoms with E-state index in [0.29, 0.717) is 18.9 Å². The molecule has 1 saturated heterocycles. The zero-order valence-corrected chi connectivity index (χ0v) is 20.7. The summed E-state index contributed by atoms with van der Waals surface area (Å²) >= 11 is 1.64. The molecule has 164 valence electrons. The molecule has 30 heavy (non-hydrogen) atoms. The maximum atomic E-state index is 12.1. The number of carbonyl (C=O) groups is 1. The lowest BCUT2D eigenvalue weighted by Crippen LogP contribution is -2.39. The fourth-order valence-corrected chi connectivity index (χ4v) is 4.09. The molecule has 1 amide bonds. The van der Waals surface area contributed by atoms with Gasteiger partial charge >= 0.3 is 0 Å². The van der Waals surface area contributed by atoms with Crippen molar-refractivity contribution in [3.63, 3.8) is 0 Å². The molecule has 2 N–H and O–H groups in total. The number of aromatic nitrogens is 1. The summed E-state index contributed by atoms with van der Waals surface area (Å²) in [6.45, 7) is 5.94. The first-order valence-corrected chi connectivity index (χ1v) is 11.4. The number of likely N-dealkylation sites (tertiary alicyclic amines) is 1. The Morgan fingerprint density at radius 1 is 1.20 bits per heavy atom. The average molecular weight is 542 g/mol. The summed E-state index contributed by atoms with van der Waals surface area (Å²) in [6, 6.07) is 10.2. The number of carbonyl (C=O) groups excluding carboxylic acids is 1. The molecule has 0 aliphatic carbocycles. The van der Waals surface area contributed by atoms with Gasteiger partial charge in [0.2, 0.25) is 5.91 Å². The molecule has 1 aromatic heterocycles. The van der Waals surface area contributed by atoms with Gasteiger partial charge in [0.1, 0.15) is 5.01 Å². The fraction of sp³-hybridized carbons (Fsp3) is 0.500. The van der Waals surface area contributed by atoms with E-state index in [9.17, 15) is 4.79 Å². The van der Waals surface area contributed by atoms with Crippen LogP contribution in [0.2, 0.25) is 0 Å². The zero-order chi connectivity index (χ0) is 20.3. The van der Waals surface area contributed by atoms with Crippen LogP contribution in [0.4, 0.5) is 0 Å². The lowest BCUT2D eigenvalue weighted by Gasteiger charge is -2.20. The SMILES string of the molecule is CCNC(=NCc1nc(-c2ccccc2)cs1)NCCCN1CCCCCC1=O.I. The summed E-state index contributed by atoms with van der Waals surface area (Å²) in [6.07, 6.45) is 4.96. The highest BCUT2D eigenvalue weighted by Crippen LogP contribution is 2.21. The van der Waals surface area contributed by atoms with E-state index in [4.69, 9.17) is 4.98 Å². The van der Waals surface area contributed by atoms with Crippen LogP contribution in [0.25, 0.3) is 11.3 Å². The molecule has 1 fully saturated rings. The van der Waals surface area contributed by atoms with Crippen molar-refractivity contribution in [1.82, 2.24) is 20.5 Å². The summed E-state index contributed by atoms with van der Waals surface area (Å²) in [5, 5.41) is 9.74. The molecule has 0 bridgehead atoms. The number of rotatable bonds is 8. The standard InChI is InChI=1S/C22H31N5OS.HI/c1-2-23-22(24-13-9-15-27-14-8-4-7-12-21(27)28)25-16-20-26-19(17-29-20)18-10-5-3-6-11-18;/h3,5-6,10-11,17H,2,4,7-9,12-16H2,1H3,(H2,23,24,25);1H. The van der Waals surface area contributed by atoms with Crippen molar-refractivity contribution in [2.24, 2.45) is 4.99 Å². The van der Waals surface area contributed by atoms with Gasteiger partial charge in [-0.1, -0.05) is 36.8 Å². The number of aliphatic imine (C=N–C) groups is 1. The van der Waals surface area contributed by atoms with Gasteiger partial charge < -0.3 is 15.5 Å². The Kier molecular flexibility index (Phi) is 11.1. The van der Waals surface area contributed by atoms with Gasteiger partial charge in [-0.2, -0.15) is 0 Å². The van der Waals surface area contributed by atoms with Crippen molar-refractivity contribution in [3.8, 4) is 11.3 Å². The van der Waals surface area contributed by atoms with E-state index in [2.05, 4.69) is 40.1 Å². The highest BCUT2D eigenvalue weighted by molar-refractivity contribution is 14.0. The van der Waals surface area contributed by atoms with Gasteiger partial charge in [0.05, 0.1) is 12.2 Å². The molecule has 2 aromatic rings. The number of nitrogens with one attached hydrogen (secondary N) is 2. The van der Waals surface area contributed by atoms with Crippen molar-refractivity contribution in [3.05, 3.63) is 40.7 Å². The molecule has 0 spiro atoms. The van der Waals surface area contributed by atoms with E-state index >= 15 is 0 Å². The Morgan fingerprint density at radius 2 is 2.03 bits per heavy atom. The van der Waals surface area contributed by atoms with E-state index < -0.39 is 0 Å². The normalized spacial score (nSPS) is 14.8. The van der Waals surface area contributed by atoms with Crippen molar-refractivity contribution in [1.29, 1.82) is 0 Å². The number of nitrogens with zero attached hydrogens (tertiary/aromatic N) is 3. The first-order chi connectivity index (χ1) is 14.3. The fourth-order valence-electron chi connectivity index (χ4n) is 3.37. The second-order valence-corrected chi connectivity index (χ2v) is 8.10.